The van der Waals surface area contributed by atoms with Crippen molar-refractivity contribution in [2.45, 2.75) is 43.4 Å². The summed E-state index contributed by atoms with van der Waals surface area (Å²) in [5, 5.41) is 9.13. The number of methoxy groups -OCH3 is 1. The van der Waals surface area contributed by atoms with Crippen molar-refractivity contribution in [3.8, 4) is 5.75 Å². The molecule has 0 heterocycles. The van der Waals surface area contributed by atoms with Crippen LogP contribution in [-0.2, 0) is 10.2 Å². The van der Waals surface area contributed by atoms with Gasteiger partial charge >= 0.3 is 5.97 Å². The van der Waals surface area contributed by atoms with E-state index in [0.717, 1.165) is 5.56 Å². The Balaban J connectivity index is 2.34. The molecule has 20 heavy (non-hydrogen) atoms. The fourth-order valence-electron chi connectivity index (χ4n) is 2.90. The third-order valence-electron chi connectivity index (χ3n) is 4.11. The minimum Gasteiger partial charge on any atom is -0.497 e. The SMILES string of the molecule is COc1cccc(C2(CC(=O)O)CCC(F)(F)CC2)c1. The van der Waals surface area contributed by atoms with Crippen LogP contribution in [0, 0.1) is 0 Å². The van der Waals surface area contributed by atoms with Crippen LogP contribution in [0.5, 0.6) is 5.75 Å². The first kappa shape index (κ1) is 14.8. The van der Waals surface area contributed by atoms with Crippen LogP contribution in [0.25, 0.3) is 0 Å². The first-order valence-corrected chi connectivity index (χ1v) is 6.61. The first-order valence-electron chi connectivity index (χ1n) is 6.61. The van der Waals surface area contributed by atoms with Gasteiger partial charge < -0.3 is 9.84 Å². The summed E-state index contributed by atoms with van der Waals surface area (Å²) >= 11 is 0. The molecule has 1 aromatic rings. The van der Waals surface area contributed by atoms with Crippen molar-refractivity contribution >= 4 is 5.97 Å². The van der Waals surface area contributed by atoms with E-state index in [0.29, 0.717) is 5.75 Å². The van der Waals surface area contributed by atoms with Crippen LogP contribution >= 0.6 is 0 Å². The van der Waals surface area contributed by atoms with Gasteiger partial charge in [-0.05, 0) is 30.5 Å². The standard InChI is InChI=1S/C15H18F2O3/c1-20-12-4-2-3-11(9-12)14(10-13(18)19)5-7-15(16,17)8-6-14/h2-4,9H,5-8,10H2,1H3,(H,18,19). The number of hydrogen-bond acceptors (Lipinski definition) is 2. The Morgan fingerprint density at radius 3 is 2.50 bits per heavy atom. The molecule has 0 saturated heterocycles. The number of hydrogen-bond donors (Lipinski definition) is 1. The Morgan fingerprint density at radius 1 is 1.30 bits per heavy atom. The minimum absolute atomic E-state index is 0.129. The Hall–Kier alpha value is -1.65. The lowest BCUT2D eigenvalue weighted by Crippen LogP contribution is -2.38. The minimum atomic E-state index is -2.68. The number of rotatable bonds is 4. The number of carboxylic acids is 1. The second-order valence-corrected chi connectivity index (χ2v) is 5.44. The maximum Gasteiger partial charge on any atom is 0.304 e. The molecule has 110 valence electrons. The summed E-state index contributed by atoms with van der Waals surface area (Å²) < 4.78 is 31.9. The molecule has 1 saturated carbocycles. The van der Waals surface area contributed by atoms with Gasteiger partial charge in [0, 0.05) is 18.3 Å². The summed E-state index contributed by atoms with van der Waals surface area (Å²) in [5.41, 5.74) is 0.0527. The lowest BCUT2D eigenvalue weighted by atomic mass is 9.66. The molecule has 1 aliphatic carbocycles. The van der Waals surface area contributed by atoms with E-state index in [9.17, 15) is 13.6 Å². The zero-order chi connectivity index (χ0) is 14.8. The van der Waals surface area contributed by atoms with Crippen molar-refractivity contribution in [3.05, 3.63) is 29.8 Å². The van der Waals surface area contributed by atoms with Crippen molar-refractivity contribution < 1.29 is 23.4 Å². The van der Waals surface area contributed by atoms with Crippen LogP contribution < -0.4 is 4.74 Å². The molecule has 1 aliphatic rings. The topological polar surface area (TPSA) is 46.5 Å². The summed E-state index contributed by atoms with van der Waals surface area (Å²) in [5.74, 6) is -3.02. The maximum absolute atomic E-state index is 13.4. The van der Waals surface area contributed by atoms with Crippen LogP contribution in [-0.4, -0.2) is 24.1 Å². The smallest absolute Gasteiger partial charge is 0.304 e. The van der Waals surface area contributed by atoms with E-state index in [1.807, 2.05) is 0 Å². The predicted octanol–water partition coefficient (Wildman–Crippen LogP) is 3.62. The van der Waals surface area contributed by atoms with E-state index < -0.39 is 17.3 Å². The lowest BCUT2D eigenvalue weighted by molar-refractivity contribution is -0.140. The zero-order valence-electron chi connectivity index (χ0n) is 11.4. The van der Waals surface area contributed by atoms with Gasteiger partial charge in [0.15, 0.2) is 0 Å². The van der Waals surface area contributed by atoms with Gasteiger partial charge in [0.25, 0.3) is 0 Å². The molecular formula is C15H18F2O3. The molecule has 0 spiro atoms. The van der Waals surface area contributed by atoms with E-state index in [4.69, 9.17) is 9.84 Å². The van der Waals surface area contributed by atoms with Crippen LogP contribution in [0.15, 0.2) is 24.3 Å². The monoisotopic (exact) mass is 284 g/mol. The highest BCUT2D eigenvalue weighted by Gasteiger charge is 2.45. The van der Waals surface area contributed by atoms with Crippen molar-refractivity contribution in [3.63, 3.8) is 0 Å². The Labute approximate surface area is 116 Å². The van der Waals surface area contributed by atoms with Gasteiger partial charge in [-0.25, -0.2) is 8.78 Å². The average Bonchev–Trinajstić information content (AvgIpc) is 2.41. The van der Waals surface area contributed by atoms with Gasteiger partial charge in [0.1, 0.15) is 5.75 Å². The molecule has 2 rings (SSSR count). The summed E-state index contributed by atoms with van der Waals surface area (Å²) in [7, 11) is 1.53. The third-order valence-corrected chi connectivity index (χ3v) is 4.11. The second-order valence-electron chi connectivity index (χ2n) is 5.44. The molecule has 0 radical (unpaired) electrons. The lowest BCUT2D eigenvalue weighted by Gasteiger charge is -2.39. The van der Waals surface area contributed by atoms with Gasteiger partial charge in [-0.1, -0.05) is 12.1 Å². The summed E-state index contributed by atoms with van der Waals surface area (Å²) in [6.07, 6.45) is -0.301. The van der Waals surface area contributed by atoms with Gasteiger partial charge in [-0.2, -0.15) is 0 Å². The van der Waals surface area contributed by atoms with E-state index in [-0.39, 0.29) is 32.1 Å². The van der Waals surface area contributed by atoms with Gasteiger partial charge in [-0.15, -0.1) is 0 Å². The van der Waals surface area contributed by atoms with Crippen LogP contribution in [0.4, 0.5) is 8.78 Å². The molecule has 0 aromatic heterocycles. The third kappa shape index (κ3) is 3.08. The number of halogens is 2. The van der Waals surface area contributed by atoms with Crippen molar-refractivity contribution in [2.75, 3.05) is 7.11 Å². The largest absolute Gasteiger partial charge is 0.497 e. The van der Waals surface area contributed by atoms with Gasteiger partial charge in [0.2, 0.25) is 5.92 Å². The van der Waals surface area contributed by atoms with Crippen LogP contribution in [0.1, 0.15) is 37.7 Å². The van der Waals surface area contributed by atoms with E-state index in [1.165, 1.54) is 7.11 Å². The quantitative estimate of drug-likeness (QED) is 0.918. The number of carboxylic acid groups (broad SMARTS) is 1. The van der Waals surface area contributed by atoms with Gasteiger partial charge in [0.05, 0.1) is 13.5 Å². The molecule has 0 atom stereocenters. The van der Waals surface area contributed by atoms with E-state index >= 15 is 0 Å². The molecule has 0 unspecified atom stereocenters. The Bertz CT molecular complexity index is 490. The molecule has 0 bridgehead atoms. The fourth-order valence-corrected chi connectivity index (χ4v) is 2.90. The van der Waals surface area contributed by atoms with E-state index in [1.54, 1.807) is 24.3 Å². The Morgan fingerprint density at radius 2 is 1.95 bits per heavy atom. The molecule has 3 nitrogen and oxygen atoms in total. The number of aliphatic carboxylic acids is 1. The van der Waals surface area contributed by atoms with Crippen LogP contribution in [0.3, 0.4) is 0 Å². The average molecular weight is 284 g/mol. The number of benzene rings is 1. The van der Waals surface area contributed by atoms with Crippen LogP contribution in [0.2, 0.25) is 0 Å². The molecule has 1 aromatic carbocycles. The predicted molar refractivity (Wildman–Crippen MR) is 70.3 cm³/mol. The number of alkyl halides is 2. The van der Waals surface area contributed by atoms with E-state index in [2.05, 4.69) is 0 Å². The highest BCUT2D eigenvalue weighted by molar-refractivity contribution is 5.69. The van der Waals surface area contributed by atoms with Gasteiger partial charge in [-0.3, -0.25) is 4.79 Å². The molecule has 5 heteroatoms. The summed E-state index contributed by atoms with van der Waals surface area (Å²) in [6, 6.07) is 7.08. The van der Waals surface area contributed by atoms with Crippen molar-refractivity contribution in [1.29, 1.82) is 0 Å². The molecule has 1 fully saturated rings. The zero-order valence-corrected chi connectivity index (χ0v) is 11.4. The molecule has 0 aliphatic heterocycles. The molecular weight excluding hydrogens is 266 g/mol. The molecule has 0 amide bonds. The normalized spacial score (nSPS) is 20.4. The highest BCUT2D eigenvalue weighted by atomic mass is 19.3. The first-order chi connectivity index (χ1) is 9.37. The second kappa shape index (κ2) is 5.38. The highest BCUT2D eigenvalue weighted by Crippen LogP contribution is 2.47. The number of carbonyl (C=O) groups is 1. The van der Waals surface area contributed by atoms with Crippen molar-refractivity contribution in [2.24, 2.45) is 0 Å². The summed E-state index contributed by atoms with van der Waals surface area (Å²) in [6.45, 7) is 0. The fraction of sp³-hybridized carbons (Fsp3) is 0.533. The maximum atomic E-state index is 13.4. The summed E-state index contributed by atoms with van der Waals surface area (Å²) in [4.78, 5) is 11.1. The molecule has 1 N–H and O–H groups in total. The van der Waals surface area contributed by atoms with Crippen molar-refractivity contribution in [1.82, 2.24) is 0 Å². The number of ether oxygens (including phenoxy) is 1. The Kier molecular flexibility index (Phi) is 3.97.